The van der Waals surface area contributed by atoms with Crippen LogP contribution in [0.15, 0.2) is 12.7 Å². The van der Waals surface area contributed by atoms with Crippen LogP contribution in [0, 0.1) is 0 Å². The number of aliphatic hydroxyl groups excluding tert-OH is 1. The summed E-state index contributed by atoms with van der Waals surface area (Å²) >= 11 is 0. The number of hydrogen-bond donors (Lipinski definition) is 2. The molecule has 0 aromatic carbocycles. The molecule has 0 saturated heterocycles. The van der Waals surface area contributed by atoms with Crippen molar-refractivity contribution < 1.29 is 14.6 Å². The number of carbonyl (C=O) groups is 1. The highest BCUT2D eigenvalue weighted by Crippen LogP contribution is 2.18. The van der Waals surface area contributed by atoms with E-state index in [0.29, 0.717) is 26.1 Å². The number of rotatable bonds is 7. The molecule has 1 amide bonds. The molecule has 0 aromatic rings. The second-order valence-electron chi connectivity index (χ2n) is 4.49. The van der Waals surface area contributed by atoms with E-state index in [-0.39, 0.29) is 18.1 Å². The fourth-order valence-corrected chi connectivity index (χ4v) is 2.06. The van der Waals surface area contributed by atoms with Crippen molar-refractivity contribution in [3.05, 3.63) is 12.7 Å². The fourth-order valence-electron chi connectivity index (χ4n) is 2.06. The van der Waals surface area contributed by atoms with Crippen molar-refractivity contribution in [3.8, 4) is 0 Å². The largest absolute Gasteiger partial charge is 0.391 e. The molecule has 1 saturated carbocycles. The molecule has 4 heteroatoms. The van der Waals surface area contributed by atoms with Gasteiger partial charge < -0.3 is 15.2 Å². The van der Waals surface area contributed by atoms with Crippen LogP contribution in [-0.2, 0) is 9.53 Å². The van der Waals surface area contributed by atoms with Crippen molar-refractivity contribution in [2.45, 2.75) is 50.7 Å². The van der Waals surface area contributed by atoms with Crippen molar-refractivity contribution in [1.82, 2.24) is 5.32 Å². The number of aliphatic hydroxyl groups is 1. The van der Waals surface area contributed by atoms with Crippen molar-refractivity contribution >= 4 is 5.91 Å². The summed E-state index contributed by atoms with van der Waals surface area (Å²) in [5, 5.41) is 12.6. The molecule has 4 nitrogen and oxygen atoms in total. The first-order valence-corrected chi connectivity index (χ1v) is 6.40. The molecule has 0 heterocycles. The Hall–Kier alpha value is -0.870. The quantitative estimate of drug-likeness (QED) is 0.523. The molecular weight excluding hydrogens is 218 g/mol. The number of ether oxygens (including phenoxy) is 1. The van der Waals surface area contributed by atoms with Gasteiger partial charge in [-0.05, 0) is 19.3 Å². The van der Waals surface area contributed by atoms with Crippen molar-refractivity contribution in [1.29, 1.82) is 0 Å². The smallest absolute Gasteiger partial charge is 0.220 e. The molecule has 0 aromatic heterocycles. The van der Waals surface area contributed by atoms with Gasteiger partial charge in [0, 0.05) is 13.0 Å². The minimum atomic E-state index is -0.371. The van der Waals surface area contributed by atoms with E-state index >= 15 is 0 Å². The maximum atomic E-state index is 11.6. The summed E-state index contributed by atoms with van der Waals surface area (Å²) in [4.78, 5) is 11.6. The van der Waals surface area contributed by atoms with Gasteiger partial charge in [0.05, 0.1) is 18.8 Å². The summed E-state index contributed by atoms with van der Waals surface area (Å²) < 4.78 is 5.20. The molecule has 1 aliphatic carbocycles. The Bertz CT molecular complexity index is 243. The van der Waals surface area contributed by atoms with Gasteiger partial charge in [-0.1, -0.05) is 18.9 Å². The second-order valence-corrected chi connectivity index (χ2v) is 4.49. The highest BCUT2D eigenvalue weighted by molar-refractivity contribution is 5.76. The first kappa shape index (κ1) is 14.2. The third-order valence-corrected chi connectivity index (χ3v) is 3.00. The lowest BCUT2D eigenvalue weighted by Gasteiger charge is -2.28. The number of nitrogens with one attached hydrogen (secondary N) is 1. The van der Waals surface area contributed by atoms with E-state index in [2.05, 4.69) is 11.9 Å². The third-order valence-electron chi connectivity index (χ3n) is 3.00. The Morgan fingerprint density at radius 3 is 2.94 bits per heavy atom. The minimum Gasteiger partial charge on any atom is -0.391 e. The molecule has 2 unspecified atom stereocenters. The predicted octanol–water partition coefficient (Wildman–Crippen LogP) is 1.39. The van der Waals surface area contributed by atoms with Gasteiger partial charge in [-0.15, -0.1) is 6.58 Å². The highest BCUT2D eigenvalue weighted by Gasteiger charge is 2.23. The van der Waals surface area contributed by atoms with E-state index in [0.717, 1.165) is 25.7 Å². The summed E-state index contributed by atoms with van der Waals surface area (Å²) in [7, 11) is 0. The molecule has 1 fully saturated rings. The third kappa shape index (κ3) is 5.84. The SMILES string of the molecule is C=CCOCCCC(=O)NC1CCCCC1O. The van der Waals surface area contributed by atoms with Crippen molar-refractivity contribution in [2.75, 3.05) is 13.2 Å². The lowest BCUT2D eigenvalue weighted by molar-refractivity contribution is -0.123. The molecule has 0 radical (unpaired) electrons. The molecule has 98 valence electrons. The van der Waals surface area contributed by atoms with Gasteiger partial charge in [-0.2, -0.15) is 0 Å². The van der Waals surface area contributed by atoms with E-state index in [1.165, 1.54) is 0 Å². The zero-order chi connectivity index (χ0) is 12.5. The van der Waals surface area contributed by atoms with Crippen LogP contribution in [0.3, 0.4) is 0 Å². The minimum absolute atomic E-state index is 0.0122. The Morgan fingerprint density at radius 2 is 2.24 bits per heavy atom. The number of hydrogen-bond acceptors (Lipinski definition) is 3. The average molecular weight is 241 g/mol. The van der Waals surface area contributed by atoms with Crippen LogP contribution in [0.2, 0.25) is 0 Å². The zero-order valence-electron chi connectivity index (χ0n) is 10.4. The Morgan fingerprint density at radius 1 is 1.47 bits per heavy atom. The van der Waals surface area contributed by atoms with Crippen LogP contribution in [0.5, 0.6) is 0 Å². The molecule has 1 aliphatic rings. The van der Waals surface area contributed by atoms with E-state index in [4.69, 9.17) is 4.74 Å². The van der Waals surface area contributed by atoms with Gasteiger partial charge in [0.25, 0.3) is 0 Å². The summed E-state index contributed by atoms with van der Waals surface area (Å²) in [5.74, 6) is 0.0122. The van der Waals surface area contributed by atoms with Crippen LogP contribution in [0.4, 0.5) is 0 Å². The highest BCUT2D eigenvalue weighted by atomic mass is 16.5. The predicted molar refractivity (Wildman–Crippen MR) is 66.7 cm³/mol. The molecule has 17 heavy (non-hydrogen) atoms. The van der Waals surface area contributed by atoms with Crippen LogP contribution in [0.1, 0.15) is 38.5 Å². The Kier molecular flexibility index (Phi) is 6.89. The van der Waals surface area contributed by atoms with E-state index in [1.807, 2.05) is 0 Å². The summed E-state index contributed by atoms with van der Waals surface area (Å²) in [6.07, 6.45) is 6.33. The van der Waals surface area contributed by atoms with Crippen molar-refractivity contribution in [3.63, 3.8) is 0 Å². The van der Waals surface area contributed by atoms with Crippen LogP contribution in [-0.4, -0.2) is 36.4 Å². The molecule has 1 rings (SSSR count). The van der Waals surface area contributed by atoms with E-state index < -0.39 is 0 Å². The zero-order valence-corrected chi connectivity index (χ0v) is 10.4. The number of carbonyl (C=O) groups excluding carboxylic acids is 1. The monoisotopic (exact) mass is 241 g/mol. The maximum Gasteiger partial charge on any atom is 0.220 e. The van der Waals surface area contributed by atoms with Gasteiger partial charge in [-0.3, -0.25) is 4.79 Å². The van der Waals surface area contributed by atoms with Gasteiger partial charge >= 0.3 is 0 Å². The van der Waals surface area contributed by atoms with Crippen molar-refractivity contribution in [2.24, 2.45) is 0 Å². The summed E-state index contributed by atoms with van der Waals surface area (Å²) in [5.41, 5.74) is 0. The van der Waals surface area contributed by atoms with E-state index in [1.54, 1.807) is 6.08 Å². The molecule has 2 N–H and O–H groups in total. The summed E-state index contributed by atoms with van der Waals surface area (Å²) in [6, 6.07) is -0.0506. The first-order chi connectivity index (χ1) is 8.24. The van der Waals surface area contributed by atoms with E-state index in [9.17, 15) is 9.90 Å². The standard InChI is InChI=1S/C13H23NO3/c1-2-9-17-10-5-8-13(16)14-11-6-3-4-7-12(11)15/h2,11-12,15H,1,3-10H2,(H,14,16). The second kappa shape index (κ2) is 8.25. The Labute approximate surface area is 103 Å². The van der Waals surface area contributed by atoms with Crippen LogP contribution >= 0.6 is 0 Å². The van der Waals surface area contributed by atoms with Gasteiger partial charge in [0.1, 0.15) is 0 Å². The first-order valence-electron chi connectivity index (χ1n) is 6.40. The molecule has 0 aliphatic heterocycles. The lowest BCUT2D eigenvalue weighted by Crippen LogP contribution is -2.45. The van der Waals surface area contributed by atoms with Crippen LogP contribution in [0.25, 0.3) is 0 Å². The molecular formula is C13H23NO3. The lowest BCUT2D eigenvalue weighted by atomic mass is 9.92. The average Bonchev–Trinajstić information content (AvgIpc) is 2.32. The summed E-state index contributed by atoms with van der Waals surface area (Å²) in [6.45, 7) is 4.65. The van der Waals surface area contributed by atoms with Gasteiger partial charge in [-0.25, -0.2) is 0 Å². The fraction of sp³-hybridized carbons (Fsp3) is 0.769. The van der Waals surface area contributed by atoms with Crippen LogP contribution < -0.4 is 5.32 Å². The topological polar surface area (TPSA) is 58.6 Å². The maximum absolute atomic E-state index is 11.6. The Balaban J connectivity index is 2.09. The normalized spacial score (nSPS) is 24.3. The molecule has 0 spiro atoms. The van der Waals surface area contributed by atoms with Gasteiger partial charge in [0.15, 0.2) is 0 Å². The van der Waals surface area contributed by atoms with Gasteiger partial charge in [0.2, 0.25) is 5.91 Å². The molecule has 2 atom stereocenters. The number of amides is 1. The molecule has 0 bridgehead atoms.